The number of unbranched alkanes of at least 4 members (excludes halogenated alkanes) is 1. The Bertz CT molecular complexity index is 563. The van der Waals surface area contributed by atoms with Gasteiger partial charge in [0.2, 0.25) is 0 Å². The molecule has 0 radical (unpaired) electrons. The summed E-state index contributed by atoms with van der Waals surface area (Å²) in [4.78, 5) is 11.9. The summed E-state index contributed by atoms with van der Waals surface area (Å²) in [5.74, 6) is -0.410. The van der Waals surface area contributed by atoms with Crippen LogP contribution in [0.25, 0.3) is 6.08 Å². The highest BCUT2D eigenvalue weighted by Crippen LogP contribution is 2.06. The third kappa shape index (κ3) is 6.93. The third-order valence-corrected chi connectivity index (χ3v) is 2.67. The summed E-state index contributed by atoms with van der Waals surface area (Å²) in [6.45, 7) is 2.43. The molecule has 0 unspecified atom stereocenters. The van der Waals surface area contributed by atoms with Crippen molar-refractivity contribution >= 4 is 12.0 Å². The molecule has 0 aromatic heterocycles. The van der Waals surface area contributed by atoms with Gasteiger partial charge < -0.3 is 4.74 Å². The average Bonchev–Trinajstić information content (AvgIpc) is 2.51. The summed E-state index contributed by atoms with van der Waals surface area (Å²) < 4.78 is 5.14. The Labute approximate surface area is 125 Å². The van der Waals surface area contributed by atoms with E-state index in [9.17, 15) is 4.79 Å². The van der Waals surface area contributed by atoms with Crippen molar-refractivity contribution < 1.29 is 9.53 Å². The van der Waals surface area contributed by atoms with Crippen molar-refractivity contribution in [2.75, 3.05) is 6.61 Å². The molecule has 0 bridgehead atoms. The summed E-state index contributed by atoms with van der Waals surface area (Å²) in [6.07, 6.45) is 9.84. The Kier molecular flexibility index (Phi) is 8.01. The fourth-order valence-corrected chi connectivity index (χ4v) is 1.54. The lowest BCUT2D eigenvalue weighted by molar-refractivity contribution is -0.138. The fraction of sp³-hybridized carbons (Fsp3) is 0.222. The van der Waals surface area contributed by atoms with Gasteiger partial charge in [0.15, 0.2) is 0 Å². The van der Waals surface area contributed by atoms with Crippen LogP contribution in [-0.4, -0.2) is 12.6 Å². The van der Waals surface area contributed by atoms with Crippen molar-refractivity contribution in [3.05, 3.63) is 65.8 Å². The van der Waals surface area contributed by atoms with Gasteiger partial charge in [0.25, 0.3) is 0 Å². The number of esters is 1. The molecule has 1 aromatic carbocycles. The minimum Gasteiger partial charge on any atom is -0.462 e. The van der Waals surface area contributed by atoms with Gasteiger partial charge >= 0.3 is 5.97 Å². The molecule has 21 heavy (non-hydrogen) atoms. The number of hydrogen-bond acceptors (Lipinski definition) is 3. The number of nitriles is 1. The lowest BCUT2D eigenvalue weighted by atomic mass is 10.2. The quantitative estimate of drug-likeness (QED) is 0.249. The summed E-state index contributed by atoms with van der Waals surface area (Å²) in [5.41, 5.74) is 1.40. The number of ether oxygens (including phenoxy) is 1. The van der Waals surface area contributed by atoms with E-state index in [1.807, 2.05) is 49.4 Å². The summed E-state index contributed by atoms with van der Waals surface area (Å²) >= 11 is 0. The Morgan fingerprint density at radius 2 is 2.10 bits per heavy atom. The molecule has 0 saturated carbocycles. The van der Waals surface area contributed by atoms with Gasteiger partial charge in [0, 0.05) is 6.08 Å². The van der Waals surface area contributed by atoms with E-state index in [0.717, 1.165) is 18.4 Å². The molecule has 3 nitrogen and oxygen atoms in total. The molecule has 0 amide bonds. The third-order valence-electron chi connectivity index (χ3n) is 2.67. The van der Waals surface area contributed by atoms with Gasteiger partial charge in [-0.3, -0.25) is 0 Å². The van der Waals surface area contributed by atoms with Crippen LogP contribution in [0.5, 0.6) is 0 Å². The van der Waals surface area contributed by atoms with E-state index in [4.69, 9.17) is 10.00 Å². The Morgan fingerprint density at radius 1 is 1.33 bits per heavy atom. The standard InChI is InChI=1S/C18H19NO2/c1-2-3-15-21-18(20)17(13-8-14-19)12-7-11-16-9-5-4-6-10-16/h4-13H,2-3,15H2,1H3. The van der Waals surface area contributed by atoms with Crippen LogP contribution in [0.2, 0.25) is 0 Å². The van der Waals surface area contributed by atoms with Crippen molar-refractivity contribution in [2.45, 2.75) is 19.8 Å². The summed E-state index contributed by atoms with van der Waals surface area (Å²) in [6, 6.07) is 11.6. The van der Waals surface area contributed by atoms with Gasteiger partial charge in [-0.1, -0.05) is 55.8 Å². The van der Waals surface area contributed by atoms with Crippen LogP contribution >= 0.6 is 0 Å². The first kappa shape index (κ1) is 16.5. The van der Waals surface area contributed by atoms with Crippen molar-refractivity contribution in [1.29, 1.82) is 5.26 Å². The van der Waals surface area contributed by atoms with Gasteiger partial charge in [-0.2, -0.15) is 5.26 Å². The average molecular weight is 281 g/mol. The predicted octanol–water partition coefficient (Wildman–Crippen LogP) is 4.05. The molecule has 0 atom stereocenters. The second kappa shape index (κ2) is 10.2. The number of nitrogens with zero attached hydrogens (tertiary/aromatic N) is 1. The highest BCUT2D eigenvalue weighted by atomic mass is 16.5. The number of carbonyl (C=O) groups is 1. The van der Waals surface area contributed by atoms with Gasteiger partial charge in [0.05, 0.1) is 18.2 Å². The van der Waals surface area contributed by atoms with Crippen molar-refractivity contribution in [2.24, 2.45) is 0 Å². The molecular formula is C18H19NO2. The first-order valence-corrected chi connectivity index (χ1v) is 6.94. The maximum Gasteiger partial charge on any atom is 0.338 e. The van der Waals surface area contributed by atoms with Gasteiger partial charge in [-0.05, 0) is 24.1 Å². The molecule has 1 rings (SSSR count). The highest BCUT2D eigenvalue weighted by molar-refractivity contribution is 5.92. The molecule has 0 aliphatic heterocycles. The van der Waals surface area contributed by atoms with Crippen LogP contribution in [0.15, 0.2) is 60.2 Å². The van der Waals surface area contributed by atoms with Gasteiger partial charge in [-0.25, -0.2) is 4.79 Å². The van der Waals surface area contributed by atoms with E-state index < -0.39 is 5.97 Å². The van der Waals surface area contributed by atoms with E-state index in [1.165, 1.54) is 12.2 Å². The maximum atomic E-state index is 11.9. The molecule has 3 heteroatoms. The highest BCUT2D eigenvalue weighted by Gasteiger charge is 2.06. The molecule has 0 spiro atoms. The van der Waals surface area contributed by atoms with Crippen molar-refractivity contribution in [1.82, 2.24) is 0 Å². The second-order valence-corrected chi connectivity index (χ2v) is 4.34. The van der Waals surface area contributed by atoms with Crippen LogP contribution < -0.4 is 0 Å². The summed E-state index contributed by atoms with van der Waals surface area (Å²) in [5, 5.41) is 8.58. The predicted molar refractivity (Wildman–Crippen MR) is 84.2 cm³/mol. The molecule has 108 valence electrons. The number of benzene rings is 1. The zero-order chi connectivity index (χ0) is 15.3. The number of rotatable bonds is 7. The van der Waals surface area contributed by atoms with E-state index >= 15 is 0 Å². The van der Waals surface area contributed by atoms with Crippen LogP contribution in [0.3, 0.4) is 0 Å². The molecule has 1 aromatic rings. The van der Waals surface area contributed by atoms with Crippen LogP contribution in [0, 0.1) is 11.3 Å². The zero-order valence-corrected chi connectivity index (χ0v) is 12.2. The molecule has 0 fully saturated rings. The molecule has 0 saturated heterocycles. The lowest BCUT2D eigenvalue weighted by Crippen LogP contribution is -2.07. The van der Waals surface area contributed by atoms with Crippen LogP contribution in [0.4, 0.5) is 0 Å². The molecule has 0 aliphatic carbocycles. The van der Waals surface area contributed by atoms with Crippen LogP contribution in [-0.2, 0) is 9.53 Å². The Balaban J connectivity index is 2.75. The fourth-order valence-electron chi connectivity index (χ4n) is 1.54. The molecule has 0 heterocycles. The SMILES string of the molecule is CCCCOC(=O)C(C=CC#N)=CC=Cc1ccccc1. The first-order valence-electron chi connectivity index (χ1n) is 6.94. The van der Waals surface area contributed by atoms with E-state index in [2.05, 4.69) is 0 Å². The monoisotopic (exact) mass is 281 g/mol. The summed E-state index contributed by atoms with van der Waals surface area (Å²) in [7, 11) is 0. The zero-order valence-electron chi connectivity index (χ0n) is 12.2. The largest absolute Gasteiger partial charge is 0.462 e. The minimum atomic E-state index is -0.410. The smallest absolute Gasteiger partial charge is 0.338 e. The van der Waals surface area contributed by atoms with E-state index in [-0.39, 0.29) is 0 Å². The van der Waals surface area contributed by atoms with E-state index in [1.54, 1.807) is 12.2 Å². The Morgan fingerprint density at radius 3 is 2.76 bits per heavy atom. The molecule has 0 aliphatic rings. The second-order valence-electron chi connectivity index (χ2n) is 4.34. The number of hydrogen-bond donors (Lipinski definition) is 0. The van der Waals surface area contributed by atoms with Crippen molar-refractivity contribution in [3.8, 4) is 6.07 Å². The van der Waals surface area contributed by atoms with Crippen LogP contribution in [0.1, 0.15) is 25.3 Å². The van der Waals surface area contributed by atoms with E-state index in [0.29, 0.717) is 12.2 Å². The maximum absolute atomic E-state index is 11.9. The first-order chi connectivity index (χ1) is 10.3. The van der Waals surface area contributed by atoms with Crippen molar-refractivity contribution in [3.63, 3.8) is 0 Å². The topological polar surface area (TPSA) is 50.1 Å². The lowest BCUT2D eigenvalue weighted by Gasteiger charge is -2.03. The molecular weight excluding hydrogens is 262 g/mol. The number of allylic oxidation sites excluding steroid dienone is 3. The number of carbonyl (C=O) groups excluding carboxylic acids is 1. The van der Waals surface area contributed by atoms with Gasteiger partial charge in [-0.15, -0.1) is 0 Å². The normalized spacial score (nSPS) is 11.7. The molecule has 0 N–H and O–H groups in total. The van der Waals surface area contributed by atoms with Gasteiger partial charge in [0.1, 0.15) is 0 Å². The minimum absolute atomic E-state index is 0.361. The Hall–Kier alpha value is -2.60.